The summed E-state index contributed by atoms with van der Waals surface area (Å²) in [7, 11) is 0. The van der Waals surface area contributed by atoms with Gasteiger partial charge in [0.1, 0.15) is 0 Å². The van der Waals surface area contributed by atoms with Crippen LogP contribution in [-0.4, -0.2) is 26.0 Å². The van der Waals surface area contributed by atoms with E-state index in [0.29, 0.717) is 0 Å². The van der Waals surface area contributed by atoms with E-state index in [1.54, 1.807) is 11.8 Å². The molecule has 0 N–H and O–H groups in total. The predicted molar refractivity (Wildman–Crippen MR) is 78.3 cm³/mol. The van der Waals surface area contributed by atoms with Gasteiger partial charge in [-0.1, -0.05) is 42.1 Å². The highest BCUT2D eigenvalue weighted by Gasteiger charge is 2.19. The molecule has 2 rings (SSSR count). The number of hydrogen-bond acceptors (Lipinski definition) is 4. The van der Waals surface area contributed by atoms with Gasteiger partial charge >= 0.3 is 0 Å². The van der Waals surface area contributed by atoms with Crippen molar-refractivity contribution in [2.75, 3.05) is 5.75 Å². The minimum absolute atomic E-state index is 0.0642. The maximum absolute atomic E-state index is 4.09. The van der Waals surface area contributed by atoms with Gasteiger partial charge in [-0.15, -0.1) is 5.10 Å². The van der Waals surface area contributed by atoms with Crippen molar-refractivity contribution in [3.8, 4) is 0 Å². The highest BCUT2D eigenvalue weighted by atomic mass is 32.2. The molecule has 0 fully saturated rings. The molecule has 0 bridgehead atoms. The minimum atomic E-state index is -0.0642. The average Bonchev–Trinajstić information content (AvgIpc) is 2.84. The lowest BCUT2D eigenvalue weighted by molar-refractivity contribution is 0.321. The van der Waals surface area contributed by atoms with Crippen LogP contribution in [0.1, 0.15) is 32.8 Å². The van der Waals surface area contributed by atoms with Crippen LogP contribution in [-0.2, 0) is 12.0 Å². The van der Waals surface area contributed by atoms with E-state index >= 15 is 0 Å². The molecule has 0 unspecified atom stereocenters. The third-order valence-corrected chi connectivity index (χ3v) is 3.77. The zero-order valence-electron chi connectivity index (χ0n) is 11.7. The Kier molecular flexibility index (Phi) is 4.58. The third-order valence-electron chi connectivity index (χ3n) is 2.76. The van der Waals surface area contributed by atoms with Gasteiger partial charge < -0.3 is 0 Å². The summed E-state index contributed by atoms with van der Waals surface area (Å²) in [6.07, 6.45) is 2.23. The van der Waals surface area contributed by atoms with Crippen LogP contribution in [0, 0.1) is 0 Å². The van der Waals surface area contributed by atoms with E-state index in [1.807, 2.05) is 4.68 Å². The number of aromatic nitrogens is 4. The fourth-order valence-corrected chi connectivity index (χ4v) is 2.77. The van der Waals surface area contributed by atoms with E-state index in [9.17, 15) is 0 Å². The summed E-state index contributed by atoms with van der Waals surface area (Å²) in [6.45, 7) is 6.33. The Labute approximate surface area is 118 Å². The highest BCUT2D eigenvalue weighted by molar-refractivity contribution is 7.99. The fourth-order valence-electron chi connectivity index (χ4n) is 1.77. The Hall–Kier alpha value is -1.36. The summed E-state index contributed by atoms with van der Waals surface area (Å²) in [5.41, 5.74) is 1.32. The SMILES string of the molecule is CC(C)(C)n1nnnc1SCCCc1ccccc1. The zero-order valence-corrected chi connectivity index (χ0v) is 12.5. The number of rotatable bonds is 5. The van der Waals surface area contributed by atoms with Crippen molar-refractivity contribution in [2.45, 2.75) is 44.3 Å². The van der Waals surface area contributed by atoms with Gasteiger partial charge in [-0.2, -0.15) is 0 Å². The number of tetrazole rings is 1. The average molecular weight is 276 g/mol. The lowest BCUT2D eigenvalue weighted by Gasteiger charge is -2.19. The summed E-state index contributed by atoms with van der Waals surface area (Å²) in [5, 5.41) is 12.8. The number of thioether (sulfide) groups is 1. The smallest absolute Gasteiger partial charge is 0.209 e. The van der Waals surface area contributed by atoms with Crippen molar-refractivity contribution in [1.29, 1.82) is 0 Å². The van der Waals surface area contributed by atoms with Crippen LogP contribution in [0.3, 0.4) is 0 Å². The molecule has 0 radical (unpaired) electrons. The van der Waals surface area contributed by atoms with Crippen molar-refractivity contribution < 1.29 is 0 Å². The van der Waals surface area contributed by atoms with Crippen LogP contribution < -0.4 is 0 Å². The van der Waals surface area contributed by atoms with Crippen LogP contribution in [0.15, 0.2) is 35.5 Å². The Balaban J connectivity index is 1.82. The van der Waals surface area contributed by atoms with E-state index in [1.165, 1.54) is 5.56 Å². The van der Waals surface area contributed by atoms with Gasteiger partial charge in [0.15, 0.2) is 0 Å². The van der Waals surface area contributed by atoms with E-state index in [0.717, 1.165) is 23.8 Å². The molecule has 0 saturated carbocycles. The van der Waals surface area contributed by atoms with Crippen LogP contribution in [0.25, 0.3) is 0 Å². The first kappa shape index (κ1) is 14.1. The van der Waals surface area contributed by atoms with Crippen molar-refractivity contribution in [3.05, 3.63) is 35.9 Å². The first-order chi connectivity index (χ1) is 9.07. The second kappa shape index (κ2) is 6.19. The predicted octanol–water partition coefficient (Wildman–Crippen LogP) is 3.15. The molecule has 4 nitrogen and oxygen atoms in total. The summed E-state index contributed by atoms with van der Waals surface area (Å²) in [5.74, 6) is 1.03. The molecule has 102 valence electrons. The molecule has 5 heteroatoms. The van der Waals surface area contributed by atoms with Crippen molar-refractivity contribution in [3.63, 3.8) is 0 Å². The van der Waals surface area contributed by atoms with Gasteiger partial charge in [-0.25, -0.2) is 4.68 Å². The quantitative estimate of drug-likeness (QED) is 0.621. The molecule has 2 aromatic rings. The Morgan fingerprint density at radius 1 is 1.16 bits per heavy atom. The maximum Gasteiger partial charge on any atom is 0.209 e. The molecule has 0 amide bonds. The summed E-state index contributed by atoms with van der Waals surface area (Å²) in [4.78, 5) is 0. The van der Waals surface area contributed by atoms with Gasteiger partial charge in [0.25, 0.3) is 0 Å². The molecule has 0 atom stereocenters. The number of hydrogen-bond donors (Lipinski definition) is 0. The molecule has 19 heavy (non-hydrogen) atoms. The van der Waals surface area contributed by atoms with Crippen molar-refractivity contribution >= 4 is 11.8 Å². The lowest BCUT2D eigenvalue weighted by atomic mass is 10.1. The van der Waals surface area contributed by atoms with Crippen LogP contribution in [0.5, 0.6) is 0 Å². The van der Waals surface area contributed by atoms with Gasteiger partial charge in [0, 0.05) is 5.75 Å². The molecule has 0 aliphatic heterocycles. The molecule has 0 aliphatic carbocycles. The minimum Gasteiger partial charge on any atom is -0.215 e. The van der Waals surface area contributed by atoms with Crippen molar-refractivity contribution in [2.24, 2.45) is 0 Å². The van der Waals surface area contributed by atoms with E-state index in [4.69, 9.17) is 0 Å². The van der Waals surface area contributed by atoms with Gasteiger partial charge in [0.05, 0.1) is 5.54 Å². The number of aryl methyl sites for hydroxylation is 1. The van der Waals surface area contributed by atoms with Gasteiger partial charge in [-0.3, -0.25) is 0 Å². The van der Waals surface area contributed by atoms with E-state index in [2.05, 4.69) is 66.6 Å². The number of benzene rings is 1. The Morgan fingerprint density at radius 3 is 2.58 bits per heavy atom. The normalized spacial score (nSPS) is 11.7. The summed E-state index contributed by atoms with van der Waals surface area (Å²) >= 11 is 1.73. The van der Waals surface area contributed by atoms with Crippen molar-refractivity contribution in [1.82, 2.24) is 20.2 Å². The lowest BCUT2D eigenvalue weighted by Crippen LogP contribution is -2.24. The Bertz CT molecular complexity index is 502. The summed E-state index contributed by atoms with van der Waals surface area (Å²) < 4.78 is 1.89. The van der Waals surface area contributed by atoms with Gasteiger partial charge in [-0.05, 0) is 49.6 Å². The molecular weight excluding hydrogens is 256 g/mol. The van der Waals surface area contributed by atoms with Crippen LogP contribution in [0.2, 0.25) is 0 Å². The molecule has 0 saturated heterocycles. The second-order valence-corrected chi connectivity index (χ2v) is 6.54. The van der Waals surface area contributed by atoms with Crippen LogP contribution in [0.4, 0.5) is 0 Å². The largest absolute Gasteiger partial charge is 0.215 e. The maximum atomic E-state index is 4.09. The van der Waals surface area contributed by atoms with Crippen LogP contribution >= 0.6 is 11.8 Å². The Morgan fingerprint density at radius 2 is 1.89 bits per heavy atom. The molecular formula is C14H20N4S. The second-order valence-electron chi connectivity index (χ2n) is 5.48. The molecule has 1 aromatic carbocycles. The number of nitrogens with zero attached hydrogens (tertiary/aromatic N) is 4. The zero-order chi connectivity index (χ0) is 13.7. The topological polar surface area (TPSA) is 43.6 Å². The molecule has 1 aromatic heterocycles. The standard InChI is InChI=1S/C14H20N4S/c1-14(2,3)18-13(15-16-17-18)19-11-7-10-12-8-5-4-6-9-12/h4-6,8-9H,7,10-11H2,1-3H3. The first-order valence-corrected chi connectivity index (χ1v) is 7.51. The summed E-state index contributed by atoms with van der Waals surface area (Å²) in [6, 6.07) is 10.6. The van der Waals surface area contributed by atoms with E-state index < -0.39 is 0 Å². The third kappa shape index (κ3) is 4.06. The molecule has 0 spiro atoms. The highest BCUT2D eigenvalue weighted by Crippen LogP contribution is 2.22. The fraction of sp³-hybridized carbons (Fsp3) is 0.500. The first-order valence-electron chi connectivity index (χ1n) is 6.53. The monoisotopic (exact) mass is 276 g/mol. The van der Waals surface area contributed by atoms with E-state index in [-0.39, 0.29) is 5.54 Å². The molecule has 1 heterocycles. The van der Waals surface area contributed by atoms with Gasteiger partial charge in [0.2, 0.25) is 5.16 Å². The molecule has 0 aliphatic rings.